The van der Waals surface area contributed by atoms with Crippen molar-refractivity contribution in [3.8, 4) is 0 Å². The number of hydrogen-bond acceptors (Lipinski definition) is 4. The molecule has 0 atom stereocenters. The molecule has 2 aromatic rings. The molecule has 0 unspecified atom stereocenters. The van der Waals surface area contributed by atoms with Crippen molar-refractivity contribution in [2.75, 3.05) is 29.9 Å². The molecule has 1 aromatic carbocycles. The Balaban J connectivity index is 1.43. The number of nitrogens with zero attached hydrogens (tertiary/aromatic N) is 3. The third kappa shape index (κ3) is 5.70. The average molecular weight is 472 g/mol. The Labute approximate surface area is 202 Å². The zero-order chi connectivity index (χ0) is 22.6. The van der Waals surface area contributed by atoms with Crippen LogP contribution in [-0.4, -0.2) is 34.7 Å². The summed E-state index contributed by atoms with van der Waals surface area (Å²) in [6.07, 6.45) is 8.44. The van der Waals surface area contributed by atoms with E-state index in [0.29, 0.717) is 11.1 Å². The molecule has 2 heterocycles. The van der Waals surface area contributed by atoms with Gasteiger partial charge in [-0.3, -0.25) is 0 Å². The minimum absolute atomic E-state index is 0.0536. The van der Waals surface area contributed by atoms with E-state index in [9.17, 15) is 0 Å². The second kappa shape index (κ2) is 10.3. The van der Waals surface area contributed by atoms with E-state index in [2.05, 4.69) is 45.6 Å². The fraction of sp³-hybridized carbons (Fsp3) is 0.560. The normalized spacial score (nSPS) is 18.9. The highest BCUT2D eigenvalue weighted by atomic mass is 35.5. The predicted octanol–water partition coefficient (Wildman–Crippen LogP) is 5.86. The van der Waals surface area contributed by atoms with Gasteiger partial charge in [-0.15, -0.1) is 0 Å². The Morgan fingerprint density at radius 1 is 1.16 bits per heavy atom. The molecule has 2 aliphatic rings. The summed E-state index contributed by atoms with van der Waals surface area (Å²) in [5.41, 5.74) is 2.30. The van der Waals surface area contributed by atoms with Crippen molar-refractivity contribution in [3.05, 3.63) is 46.6 Å². The molecular weight excluding hydrogens is 438 g/mol. The molecule has 0 radical (unpaired) electrons. The van der Waals surface area contributed by atoms with E-state index in [4.69, 9.17) is 28.8 Å². The highest BCUT2D eigenvalue weighted by Crippen LogP contribution is 2.39. The summed E-state index contributed by atoms with van der Waals surface area (Å²) < 4.78 is 0. The third-order valence-corrected chi connectivity index (χ3v) is 7.49. The van der Waals surface area contributed by atoms with Crippen LogP contribution in [0.3, 0.4) is 0 Å². The average Bonchev–Trinajstić information content (AvgIpc) is 2.78. The lowest BCUT2D eigenvalue weighted by Crippen LogP contribution is -2.43. The molecular formula is C25H34ClN5S. The Kier molecular flexibility index (Phi) is 7.51. The van der Waals surface area contributed by atoms with Crippen LogP contribution < -0.4 is 15.5 Å². The van der Waals surface area contributed by atoms with Gasteiger partial charge in [-0.25, -0.2) is 4.98 Å². The largest absolute Gasteiger partial charge is 0.361 e. The van der Waals surface area contributed by atoms with Gasteiger partial charge in [0.05, 0.1) is 0 Å². The molecule has 7 heteroatoms. The first kappa shape index (κ1) is 23.2. The smallest absolute Gasteiger partial charge is 0.231 e. The third-order valence-electron chi connectivity index (χ3n) is 7.01. The quantitative estimate of drug-likeness (QED) is 0.532. The van der Waals surface area contributed by atoms with Gasteiger partial charge in [0.2, 0.25) is 5.95 Å². The summed E-state index contributed by atoms with van der Waals surface area (Å²) in [7, 11) is 0. The lowest BCUT2D eigenvalue weighted by molar-refractivity contribution is 0.292. The number of thiocarbonyl (C=S) groups is 1. The standard InChI is InChI=1S/C25H34ClN5S/c1-18-9-13-31(14-10-18)22-15-19(2)28-23(29-22)30-24(32)27-17-25(11-4-3-5-12-25)20-7-6-8-21(26)16-20/h6-8,15-16,18H,3-5,9-14,17H2,1-2H3,(H2,27,28,29,30,32). The molecule has 2 fully saturated rings. The maximum atomic E-state index is 6.32. The number of anilines is 2. The molecule has 1 saturated heterocycles. The van der Waals surface area contributed by atoms with Crippen molar-refractivity contribution >= 4 is 40.7 Å². The molecule has 4 rings (SSSR count). The predicted molar refractivity (Wildman–Crippen MR) is 138 cm³/mol. The number of rotatable bonds is 5. The molecule has 1 aliphatic carbocycles. The van der Waals surface area contributed by atoms with Crippen LogP contribution in [0.2, 0.25) is 5.02 Å². The van der Waals surface area contributed by atoms with Crippen LogP contribution >= 0.6 is 23.8 Å². The highest BCUT2D eigenvalue weighted by molar-refractivity contribution is 7.80. The van der Waals surface area contributed by atoms with Crippen molar-refractivity contribution in [2.45, 2.75) is 64.2 Å². The topological polar surface area (TPSA) is 53.1 Å². The minimum Gasteiger partial charge on any atom is -0.361 e. The molecule has 1 aromatic heterocycles. The molecule has 5 nitrogen and oxygen atoms in total. The zero-order valence-electron chi connectivity index (χ0n) is 19.2. The van der Waals surface area contributed by atoms with Crippen LogP contribution in [0, 0.1) is 12.8 Å². The van der Waals surface area contributed by atoms with Crippen molar-refractivity contribution in [1.29, 1.82) is 0 Å². The molecule has 32 heavy (non-hydrogen) atoms. The first-order valence-electron chi connectivity index (χ1n) is 11.9. The summed E-state index contributed by atoms with van der Waals surface area (Å²) in [5.74, 6) is 2.34. The Morgan fingerprint density at radius 2 is 1.91 bits per heavy atom. The van der Waals surface area contributed by atoms with Crippen LogP contribution in [0.4, 0.5) is 11.8 Å². The number of benzene rings is 1. The fourth-order valence-electron chi connectivity index (χ4n) is 5.02. The first-order chi connectivity index (χ1) is 15.4. The summed E-state index contributed by atoms with van der Waals surface area (Å²) in [6, 6.07) is 10.4. The van der Waals surface area contributed by atoms with Crippen LogP contribution in [0.15, 0.2) is 30.3 Å². The highest BCUT2D eigenvalue weighted by Gasteiger charge is 2.34. The molecule has 172 valence electrons. The summed E-state index contributed by atoms with van der Waals surface area (Å²) >= 11 is 12.0. The molecule has 0 spiro atoms. The summed E-state index contributed by atoms with van der Waals surface area (Å²) in [4.78, 5) is 11.7. The van der Waals surface area contributed by atoms with Crippen molar-refractivity contribution in [1.82, 2.24) is 15.3 Å². The van der Waals surface area contributed by atoms with Gasteiger partial charge in [0, 0.05) is 41.8 Å². The number of aromatic nitrogens is 2. The van der Waals surface area contributed by atoms with E-state index in [0.717, 1.165) is 54.9 Å². The molecule has 2 N–H and O–H groups in total. The van der Waals surface area contributed by atoms with Gasteiger partial charge in [-0.05, 0) is 68.4 Å². The second-order valence-electron chi connectivity index (χ2n) is 9.52. The van der Waals surface area contributed by atoms with Crippen molar-refractivity contribution in [2.24, 2.45) is 5.92 Å². The van der Waals surface area contributed by atoms with Gasteiger partial charge in [-0.1, -0.05) is 49.9 Å². The van der Waals surface area contributed by atoms with Crippen molar-refractivity contribution in [3.63, 3.8) is 0 Å². The Bertz CT molecular complexity index is 936. The van der Waals surface area contributed by atoms with E-state index >= 15 is 0 Å². The molecule has 0 amide bonds. The lowest BCUT2D eigenvalue weighted by Gasteiger charge is -2.38. The van der Waals surface area contributed by atoms with Crippen LogP contribution in [-0.2, 0) is 5.41 Å². The van der Waals surface area contributed by atoms with Gasteiger partial charge < -0.3 is 15.5 Å². The maximum absolute atomic E-state index is 6.32. The van der Waals surface area contributed by atoms with Gasteiger partial charge in [-0.2, -0.15) is 4.98 Å². The van der Waals surface area contributed by atoms with Gasteiger partial charge in [0.15, 0.2) is 5.11 Å². The van der Waals surface area contributed by atoms with E-state index < -0.39 is 0 Å². The number of piperidine rings is 1. The summed E-state index contributed by atoms with van der Waals surface area (Å²) in [6.45, 7) is 7.20. The van der Waals surface area contributed by atoms with E-state index in [1.807, 2.05) is 19.1 Å². The fourth-order valence-corrected chi connectivity index (χ4v) is 5.37. The molecule has 0 bridgehead atoms. The number of halogens is 1. The second-order valence-corrected chi connectivity index (χ2v) is 10.4. The van der Waals surface area contributed by atoms with E-state index in [-0.39, 0.29) is 5.41 Å². The number of nitrogens with one attached hydrogen (secondary N) is 2. The molecule has 1 aliphatic heterocycles. The zero-order valence-corrected chi connectivity index (χ0v) is 20.7. The van der Waals surface area contributed by atoms with Gasteiger partial charge in [0.1, 0.15) is 5.82 Å². The maximum Gasteiger partial charge on any atom is 0.231 e. The Morgan fingerprint density at radius 3 is 2.62 bits per heavy atom. The van der Waals surface area contributed by atoms with Crippen LogP contribution in [0.5, 0.6) is 0 Å². The number of aryl methyl sites for hydroxylation is 1. The van der Waals surface area contributed by atoms with Crippen LogP contribution in [0.1, 0.15) is 63.1 Å². The SMILES string of the molecule is Cc1cc(N2CCC(C)CC2)nc(NC(=S)NCC2(c3cccc(Cl)c3)CCCCC2)n1. The minimum atomic E-state index is 0.0536. The first-order valence-corrected chi connectivity index (χ1v) is 12.6. The molecule has 1 saturated carbocycles. The van der Waals surface area contributed by atoms with Gasteiger partial charge >= 0.3 is 0 Å². The van der Waals surface area contributed by atoms with E-state index in [1.165, 1.54) is 37.7 Å². The number of hydrogen-bond donors (Lipinski definition) is 2. The monoisotopic (exact) mass is 471 g/mol. The Hall–Kier alpha value is -1.92. The van der Waals surface area contributed by atoms with Crippen molar-refractivity contribution < 1.29 is 0 Å². The van der Waals surface area contributed by atoms with Crippen LogP contribution in [0.25, 0.3) is 0 Å². The van der Waals surface area contributed by atoms with E-state index in [1.54, 1.807) is 0 Å². The summed E-state index contributed by atoms with van der Waals surface area (Å²) in [5, 5.41) is 8.07. The lowest BCUT2D eigenvalue weighted by atomic mass is 9.69. The van der Waals surface area contributed by atoms with Gasteiger partial charge in [0.25, 0.3) is 0 Å².